The van der Waals surface area contributed by atoms with Crippen molar-refractivity contribution in [2.75, 3.05) is 6.54 Å². The van der Waals surface area contributed by atoms with Gasteiger partial charge in [0.15, 0.2) is 0 Å². The van der Waals surface area contributed by atoms with E-state index in [1.807, 2.05) is 0 Å². The summed E-state index contributed by atoms with van der Waals surface area (Å²) in [7, 11) is 0. The average Bonchev–Trinajstić information content (AvgIpc) is 2.08. The molecule has 0 saturated carbocycles. The van der Waals surface area contributed by atoms with Crippen molar-refractivity contribution in [2.45, 2.75) is 45.4 Å². The topological polar surface area (TPSA) is 21.3 Å². The van der Waals surface area contributed by atoms with Gasteiger partial charge >= 0.3 is 0 Å². The maximum absolute atomic E-state index is 5.77. The predicted molar refractivity (Wildman–Crippen MR) is 41.9 cm³/mol. The van der Waals surface area contributed by atoms with E-state index in [4.69, 9.17) is 4.74 Å². The van der Waals surface area contributed by atoms with Gasteiger partial charge < -0.3 is 4.74 Å². The monoisotopic (exact) mass is 143 g/mol. The molecule has 1 saturated heterocycles. The van der Waals surface area contributed by atoms with Gasteiger partial charge in [0.25, 0.3) is 0 Å². The summed E-state index contributed by atoms with van der Waals surface area (Å²) in [6.45, 7) is 9.41. The Morgan fingerprint density at radius 1 is 1.40 bits per heavy atom. The van der Waals surface area contributed by atoms with E-state index < -0.39 is 0 Å². The first-order valence-electron chi connectivity index (χ1n) is 3.93. The highest BCUT2D eigenvalue weighted by Crippen LogP contribution is 2.26. The maximum atomic E-state index is 5.77. The van der Waals surface area contributed by atoms with Crippen molar-refractivity contribution in [3.05, 3.63) is 0 Å². The van der Waals surface area contributed by atoms with E-state index >= 15 is 0 Å². The highest BCUT2D eigenvalue weighted by molar-refractivity contribution is 4.88. The van der Waals surface area contributed by atoms with E-state index in [-0.39, 0.29) is 11.3 Å². The highest BCUT2D eigenvalue weighted by Gasteiger charge is 2.38. The van der Waals surface area contributed by atoms with Crippen molar-refractivity contribution < 1.29 is 4.74 Å². The molecule has 0 aromatic carbocycles. The summed E-state index contributed by atoms with van der Waals surface area (Å²) in [4.78, 5) is 0. The Morgan fingerprint density at radius 2 is 2.00 bits per heavy atom. The fourth-order valence-electron chi connectivity index (χ4n) is 1.28. The van der Waals surface area contributed by atoms with Gasteiger partial charge in [-0.25, -0.2) is 0 Å². The zero-order valence-corrected chi connectivity index (χ0v) is 7.32. The molecule has 2 nitrogen and oxygen atoms in total. The summed E-state index contributed by atoms with van der Waals surface area (Å²) in [6, 6.07) is 0. The summed E-state index contributed by atoms with van der Waals surface area (Å²) < 4.78 is 5.77. The van der Waals surface area contributed by atoms with E-state index in [0.29, 0.717) is 0 Å². The quantitative estimate of drug-likeness (QED) is 0.600. The Balaban J connectivity index is 2.57. The third-order valence-corrected chi connectivity index (χ3v) is 2.06. The van der Waals surface area contributed by atoms with Crippen LogP contribution in [0.15, 0.2) is 0 Å². The van der Waals surface area contributed by atoms with E-state index in [9.17, 15) is 0 Å². The van der Waals surface area contributed by atoms with Crippen LogP contribution in [0, 0.1) is 0 Å². The Hall–Kier alpha value is -0.0800. The smallest absolute Gasteiger partial charge is 0.117 e. The molecule has 1 fully saturated rings. The number of rotatable bonds is 1. The molecular formula is C8H17NO. The van der Waals surface area contributed by atoms with Gasteiger partial charge in [0, 0.05) is 6.54 Å². The van der Waals surface area contributed by atoms with Gasteiger partial charge in [0.1, 0.15) is 5.72 Å². The van der Waals surface area contributed by atoms with Crippen molar-refractivity contribution in [3.63, 3.8) is 0 Å². The molecule has 60 valence electrons. The van der Waals surface area contributed by atoms with Crippen LogP contribution >= 0.6 is 0 Å². The molecule has 1 N–H and O–H groups in total. The molecule has 1 unspecified atom stereocenters. The molecule has 0 radical (unpaired) electrons. The van der Waals surface area contributed by atoms with E-state index in [1.54, 1.807) is 0 Å². The first-order chi connectivity index (χ1) is 4.47. The minimum atomic E-state index is -0.0799. The lowest BCUT2D eigenvalue weighted by Gasteiger charge is -2.25. The molecule has 0 bridgehead atoms. The van der Waals surface area contributed by atoms with E-state index in [1.165, 1.54) is 0 Å². The van der Waals surface area contributed by atoms with E-state index in [2.05, 4.69) is 33.0 Å². The highest BCUT2D eigenvalue weighted by atomic mass is 16.5. The zero-order valence-electron chi connectivity index (χ0n) is 7.32. The largest absolute Gasteiger partial charge is 0.354 e. The standard InChI is InChI=1S/C8H17NO/c1-5-8(4)9-6-7(2,3)10-8/h9H,5-6H2,1-4H3. The van der Waals surface area contributed by atoms with Gasteiger partial charge in [-0.15, -0.1) is 0 Å². The molecule has 10 heavy (non-hydrogen) atoms. The number of hydrogen-bond donors (Lipinski definition) is 1. The lowest BCUT2D eigenvalue weighted by atomic mass is 10.1. The van der Waals surface area contributed by atoms with Crippen molar-refractivity contribution in [2.24, 2.45) is 0 Å². The Bertz CT molecular complexity index is 133. The zero-order chi connectivity index (χ0) is 7.83. The minimum Gasteiger partial charge on any atom is -0.354 e. The van der Waals surface area contributed by atoms with Crippen LogP contribution in [0.5, 0.6) is 0 Å². The van der Waals surface area contributed by atoms with Gasteiger partial charge in [0.2, 0.25) is 0 Å². The molecule has 0 aromatic heterocycles. The number of nitrogens with one attached hydrogen (secondary N) is 1. The molecular weight excluding hydrogens is 126 g/mol. The first kappa shape index (κ1) is 8.02. The fourth-order valence-corrected chi connectivity index (χ4v) is 1.28. The van der Waals surface area contributed by atoms with Crippen LogP contribution in [0.1, 0.15) is 34.1 Å². The maximum Gasteiger partial charge on any atom is 0.117 e. The molecule has 1 atom stereocenters. The lowest BCUT2D eigenvalue weighted by Crippen LogP contribution is -2.36. The summed E-state index contributed by atoms with van der Waals surface area (Å²) >= 11 is 0. The Kier molecular flexibility index (Phi) is 1.77. The summed E-state index contributed by atoms with van der Waals surface area (Å²) in [5.41, 5.74) is -0.0613. The van der Waals surface area contributed by atoms with Crippen LogP contribution in [-0.4, -0.2) is 17.9 Å². The average molecular weight is 143 g/mol. The van der Waals surface area contributed by atoms with Crippen LogP contribution in [0.4, 0.5) is 0 Å². The second-order valence-electron chi connectivity index (χ2n) is 3.80. The minimum absolute atomic E-state index is 0.0186. The van der Waals surface area contributed by atoms with Crippen molar-refractivity contribution in [1.82, 2.24) is 5.32 Å². The lowest BCUT2D eigenvalue weighted by molar-refractivity contribution is -0.0808. The number of ether oxygens (including phenoxy) is 1. The normalized spacial score (nSPS) is 38.4. The van der Waals surface area contributed by atoms with E-state index in [0.717, 1.165) is 13.0 Å². The summed E-state index contributed by atoms with van der Waals surface area (Å²) in [6.07, 6.45) is 1.02. The molecule has 1 heterocycles. The number of hydrogen-bond acceptors (Lipinski definition) is 2. The SMILES string of the molecule is CCC1(C)NCC(C)(C)O1. The van der Waals surface area contributed by atoms with Crippen molar-refractivity contribution in [3.8, 4) is 0 Å². The first-order valence-corrected chi connectivity index (χ1v) is 3.93. The second kappa shape index (κ2) is 2.21. The molecule has 1 aliphatic rings. The third-order valence-electron chi connectivity index (χ3n) is 2.06. The molecule has 1 rings (SSSR count). The van der Waals surface area contributed by atoms with Crippen molar-refractivity contribution >= 4 is 0 Å². The van der Waals surface area contributed by atoms with Crippen LogP contribution in [-0.2, 0) is 4.74 Å². The molecule has 0 aliphatic carbocycles. The molecule has 0 spiro atoms. The Labute approximate surface area is 63.0 Å². The molecule has 0 amide bonds. The van der Waals surface area contributed by atoms with Gasteiger partial charge in [-0.1, -0.05) is 6.92 Å². The summed E-state index contributed by atoms with van der Waals surface area (Å²) in [5, 5.41) is 3.35. The van der Waals surface area contributed by atoms with Crippen LogP contribution in [0.3, 0.4) is 0 Å². The Morgan fingerprint density at radius 3 is 2.20 bits per heavy atom. The van der Waals surface area contributed by atoms with Crippen LogP contribution < -0.4 is 5.32 Å². The fraction of sp³-hybridized carbons (Fsp3) is 1.00. The van der Waals surface area contributed by atoms with Crippen molar-refractivity contribution in [1.29, 1.82) is 0 Å². The van der Waals surface area contributed by atoms with Gasteiger partial charge in [-0.3, -0.25) is 5.32 Å². The molecule has 0 aromatic rings. The van der Waals surface area contributed by atoms with Crippen LogP contribution in [0.2, 0.25) is 0 Å². The molecule has 2 heteroatoms. The van der Waals surface area contributed by atoms with Gasteiger partial charge in [-0.05, 0) is 27.2 Å². The second-order valence-corrected chi connectivity index (χ2v) is 3.80. The molecule has 1 aliphatic heterocycles. The van der Waals surface area contributed by atoms with Gasteiger partial charge in [-0.2, -0.15) is 0 Å². The summed E-state index contributed by atoms with van der Waals surface area (Å²) in [5.74, 6) is 0. The predicted octanol–water partition coefficient (Wildman–Crippen LogP) is 1.51. The van der Waals surface area contributed by atoms with Gasteiger partial charge in [0.05, 0.1) is 5.60 Å². The van der Waals surface area contributed by atoms with Crippen LogP contribution in [0.25, 0.3) is 0 Å². The third kappa shape index (κ3) is 1.50.